The molecule has 10 nitrogen and oxygen atoms in total. The minimum Gasteiger partial charge on any atom is -0.491 e. The van der Waals surface area contributed by atoms with E-state index in [0.29, 0.717) is 17.1 Å². The summed E-state index contributed by atoms with van der Waals surface area (Å²) in [6.45, 7) is 7.23. The van der Waals surface area contributed by atoms with Crippen molar-refractivity contribution < 1.29 is 19.1 Å². The fourth-order valence-electron chi connectivity index (χ4n) is 3.13. The van der Waals surface area contributed by atoms with Gasteiger partial charge in [0.2, 0.25) is 11.9 Å². The Kier molecular flexibility index (Phi) is 5.21. The highest BCUT2D eigenvalue weighted by Crippen LogP contribution is 2.34. The van der Waals surface area contributed by atoms with Crippen molar-refractivity contribution >= 4 is 35.1 Å². The van der Waals surface area contributed by atoms with E-state index in [1.807, 2.05) is 26.0 Å². The molecule has 32 heavy (non-hydrogen) atoms. The van der Waals surface area contributed by atoms with Crippen LogP contribution in [0.3, 0.4) is 0 Å². The molecule has 0 saturated carbocycles. The number of benzene rings is 2. The third kappa shape index (κ3) is 4.20. The number of hydrogen-bond donors (Lipinski definition) is 3. The molecule has 2 heterocycles. The van der Waals surface area contributed by atoms with E-state index in [9.17, 15) is 9.59 Å². The largest absolute Gasteiger partial charge is 0.491 e. The van der Waals surface area contributed by atoms with Crippen LogP contribution in [0.4, 0.5) is 23.3 Å². The third-order valence-electron chi connectivity index (χ3n) is 4.68. The Balaban J connectivity index is 1.58. The molecule has 0 bridgehead atoms. The molecule has 2 aromatic carbocycles. The standard InChI is InChI=1S/C22H24N6O4/c1-12(2)31-15-8-6-14(7-9-15)24-21-26-20(23)27-28(21)18(29)13-5-10-17-16(11-13)25-19(30)22(3,4)32-17/h5-12H,1-4H3,(H,25,30)(H3,23,24,26,27). The lowest BCUT2D eigenvalue weighted by molar-refractivity contribution is -0.129. The normalized spacial score (nSPS) is 14.3. The number of aromatic nitrogens is 3. The quantitative estimate of drug-likeness (QED) is 0.555. The lowest BCUT2D eigenvalue weighted by Crippen LogP contribution is -2.45. The molecule has 1 aliphatic heterocycles. The van der Waals surface area contributed by atoms with Crippen LogP contribution in [-0.2, 0) is 4.79 Å². The smallest absolute Gasteiger partial charge is 0.281 e. The van der Waals surface area contributed by atoms with Crippen molar-refractivity contribution in [1.82, 2.24) is 14.8 Å². The zero-order chi connectivity index (χ0) is 23.0. The number of hydrogen-bond acceptors (Lipinski definition) is 8. The summed E-state index contributed by atoms with van der Waals surface area (Å²) < 4.78 is 12.4. The highest BCUT2D eigenvalue weighted by atomic mass is 16.5. The molecule has 166 valence electrons. The molecule has 0 spiro atoms. The van der Waals surface area contributed by atoms with Gasteiger partial charge in [-0.1, -0.05) is 0 Å². The van der Waals surface area contributed by atoms with E-state index in [-0.39, 0.29) is 29.5 Å². The number of nitrogens with two attached hydrogens (primary N) is 1. The number of fused-ring (bicyclic) bond motifs is 1. The van der Waals surface area contributed by atoms with Gasteiger partial charge >= 0.3 is 0 Å². The molecule has 0 unspecified atom stereocenters. The second-order valence-electron chi connectivity index (χ2n) is 8.10. The van der Waals surface area contributed by atoms with Gasteiger partial charge in [0.15, 0.2) is 5.60 Å². The van der Waals surface area contributed by atoms with Crippen LogP contribution in [0.1, 0.15) is 38.1 Å². The number of carbonyl (C=O) groups excluding carboxylic acids is 2. The lowest BCUT2D eigenvalue weighted by Gasteiger charge is -2.31. The highest BCUT2D eigenvalue weighted by Gasteiger charge is 2.35. The topological polar surface area (TPSA) is 133 Å². The van der Waals surface area contributed by atoms with Crippen molar-refractivity contribution in [3.05, 3.63) is 48.0 Å². The average molecular weight is 436 g/mol. The SMILES string of the molecule is CC(C)Oc1ccc(Nc2nc(N)nn2C(=O)c2ccc3c(c2)NC(=O)C(C)(C)O3)cc1. The van der Waals surface area contributed by atoms with Crippen LogP contribution in [0.25, 0.3) is 0 Å². The third-order valence-corrected chi connectivity index (χ3v) is 4.68. The Morgan fingerprint density at radius 2 is 1.94 bits per heavy atom. The Morgan fingerprint density at radius 3 is 2.62 bits per heavy atom. The molecule has 10 heteroatoms. The molecular weight excluding hydrogens is 412 g/mol. The van der Waals surface area contributed by atoms with Crippen LogP contribution < -0.4 is 25.8 Å². The van der Waals surface area contributed by atoms with Gasteiger partial charge in [-0.15, -0.1) is 5.10 Å². The summed E-state index contributed by atoms with van der Waals surface area (Å²) in [6.07, 6.45) is 0.0622. The number of nitrogen functional groups attached to an aromatic ring is 1. The molecule has 1 amide bonds. The van der Waals surface area contributed by atoms with Gasteiger partial charge in [0, 0.05) is 11.3 Å². The summed E-state index contributed by atoms with van der Waals surface area (Å²) in [4.78, 5) is 29.4. The number of rotatable bonds is 5. The average Bonchev–Trinajstić information content (AvgIpc) is 3.09. The minimum atomic E-state index is -0.994. The van der Waals surface area contributed by atoms with Gasteiger partial charge in [0.25, 0.3) is 11.8 Å². The van der Waals surface area contributed by atoms with Crippen molar-refractivity contribution in [3.8, 4) is 11.5 Å². The summed E-state index contributed by atoms with van der Waals surface area (Å²) in [5.74, 6) is 0.529. The second kappa shape index (κ2) is 7.88. The van der Waals surface area contributed by atoms with Crippen LogP contribution in [-0.4, -0.2) is 38.3 Å². The zero-order valence-electron chi connectivity index (χ0n) is 18.2. The molecule has 4 N–H and O–H groups in total. The maximum atomic E-state index is 13.1. The van der Waals surface area contributed by atoms with Gasteiger partial charge < -0.3 is 25.8 Å². The first-order valence-corrected chi connectivity index (χ1v) is 10.1. The van der Waals surface area contributed by atoms with E-state index in [0.717, 1.165) is 10.4 Å². The summed E-state index contributed by atoms with van der Waals surface area (Å²) in [5.41, 5.74) is 6.12. The molecular formula is C22H24N6O4. The fourth-order valence-corrected chi connectivity index (χ4v) is 3.13. The van der Waals surface area contributed by atoms with Gasteiger partial charge in [-0.2, -0.15) is 9.67 Å². The first-order valence-electron chi connectivity index (χ1n) is 10.1. The summed E-state index contributed by atoms with van der Waals surface area (Å²) in [5, 5.41) is 9.82. The predicted molar refractivity (Wildman–Crippen MR) is 119 cm³/mol. The molecule has 4 rings (SSSR count). The molecule has 0 fully saturated rings. The van der Waals surface area contributed by atoms with Gasteiger partial charge in [0.1, 0.15) is 11.5 Å². The van der Waals surface area contributed by atoms with E-state index in [1.54, 1.807) is 38.1 Å². The van der Waals surface area contributed by atoms with Crippen molar-refractivity contribution in [2.24, 2.45) is 0 Å². The van der Waals surface area contributed by atoms with E-state index < -0.39 is 11.5 Å². The number of nitrogens with zero attached hydrogens (tertiary/aromatic N) is 3. The Labute approximate surface area is 184 Å². The van der Waals surface area contributed by atoms with E-state index in [4.69, 9.17) is 15.2 Å². The Morgan fingerprint density at radius 1 is 1.22 bits per heavy atom. The molecule has 0 radical (unpaired) electrons. The van der Waals surface area contributed by atoms with Gasteiger partial charge in [-0.25, -0.2) is 0 Å². The fraction of sp³-hybridized carbons (Fsp3) is 0.273. The number of anilines is 4. The minimum absolute atomic E-state index is 0.0584. The maximum Gasteiger partial charge on any atom is 0.281 e. The molecule has 0 aliphatic carbocycles. The molecule has 3 aromatic rings. The Hall–Kier alpha value is -4.08. The van der Waals surface area contributed by atoms with E-state index in [2.05, 4.69) is 20.7 Å². The van der Waals surface area contributed by atoms with E-state index in [1.165, 1.54) is 6.07 Å². The predicted octanol–water partition coefficient (Wildman–Crippen LogP) is 3.19. The summed E-state index contributed by atoms with van der Waals surface area (Å²) in [6, 6.07) is 12.0. The summed E-state index contributed by atoms with van der Waals surface area (Å²) >= 11 is 0. The van der Waals surface area contributed by atoms with Crippen molar-refractivity contribution in [1.29, 1.82) is 0 Å². The van der Waals surface area contributed by atoms with Crippen LogP contribution in [0.5, 0.6) is 11.5 Å². The first-order chi connectivity index (χ1) is 15.1. The van der Waals surface area contributed by atoms with Crippen LogP contribution in [0, 0.1) is 0 Å². The van der Waals surface area contributed by atoms with Crippen LogP contribution >= 0.6 is 0 Å². The second-order valence-corrected chi connectivity index (χ2v) is 8.10. The lowest BCUT2D eigenvalue weighted by atomic mass is 10.0. The molecule has 0 saturated heterocycles. The van der Waals surface area contributed by atoms with Crippen LogP contribution in [0.2, 0.25) is 0 Å². The number of nitrogens with one attached hydrogen (secondary N) is 2. The van der Waals surface area contributed by atoms with Gasteiger partial charge in [-0.05, 0) is 70.2 Å². The van der Waals surface area contributed by atoms with E-state index >= 15 is 0 Å². The van der Waals surface area contributed by atoms with Crippen molar-refractivity contribution in [2.45, 2.75) is 39.4 Å². The monoisotopic (exact) mass is 436 g/mol. The molecule has 1 aromatic heterocycles. The summed E-state index contributed by atoms with van der Waals surface area (Å²) in [7, 11) is 0. The van der Waals surface area contributed by atoms with Gasteiger partial charge in [-0.3, -0.25) is 9.59 Å². The zero-order valence-corrected chi connectivity index (χ0v) is 18.2. The first kappa shape index (κ1) is 21.2. The number of ether oxygens (including phenoxy) is 2. The van der Waals surface area contributed by atoms with Gasteiger partial charge in [0.05, 0.1) is 11.8 Å². The molecule has 0 atom stereocenters. The van der Waals surface area contributed by atoms with Crippen molar-refractivity contribution in [2.75, 3.05) is 16.4 Å². The number of amides is 1. The van der Waals surface area contributed by atoms with Crippen LogP contribution in [0.15, 0.2) is 42.5 Å². The Bertz CT molecular complexity index is 1180. The highest BCUT2D eigenvalue weighted by molar-refractivity contribution is 6.03. The number of carbonyl (C=O) groups is 2. The maximum absolute atomic E-state index is 13.1. The molecule has 1 aliphatic rings. The van der Waals surface area contributed by atoms with Crippen molar-refractivity contribution in [3.63, 3.8) is 0 Å².